The van der Waals surface area contributed by atoms with Crippen LogP contribution in [0.4, 0.5) is 0 Å². The van der Waals surface area contributed by atoms with Crippen LogP contribution in [0.15, 0.2) is 42.5 Å². The first-order chi connectivity index (χ1) is 13.1. The van der Waals surface area contributed by atoms with Crippen LogP contribution in [0.3, 0.4) is 0 Å². The summed E-state index contributed by atoms with van der Waals surface area (Å²) in [7, 11) is 0. The Bertz CT molecular complexity index is 823. The van der Waals surface area contributed by atoms with Gasteiger partial charge in [-0.3, -0.25) is 9.59 Å². The number of carbonyl (C=O) groups excluding carboxylic acids is 2. The summed E-state index contributed by atoms with van der Waals surface area (Å²) in [5.74, 6) is 0.728. The van der Waals surface area contributed by atoms with E-state index in [1.165, 1.54) is 4.90 Å². The third-order valence-corrected chi connectivity index (χ3v) is 4.45. The molecule has 1 aliphatic heterocycles. The molecule has 0 radical (unpaired) electrons. The van der Waals surface area contributed by atoms with Crippen molar-refractivity contribution in [3.63, 3.8) is 0 Å². The SMILES string of the molecule is CCN(CC(=O)NCc1ccc(Cl)cc1)C(=O)c1ccc2c(c1)OCCO2. The van der Waals surface area contributed by atoms with Gasteiger partial charge in [-0.25, -0.2) is 0 Å². The van der Waals surface area contributed by atoms with E-state index in [0.29, 0.717) is 48.4 Å². The Hall–Kier alpha value is -2.73. The average Bonchev–Trinajstić information content (AvgIpc) is 2.70. The van der Waals surface area contributed by atoms with Crippen molar-refractivity contribution in [3.8, 4) is 11.5 Å². The Labute approximate surface area is 163 Å². The Morgan fingerprint density at radius 3 is 2.48 bits per heavy atom. The largest absolute Gasteiger partial charge is 0.486 e. The van der Waals surface area contributed by atoms with Crippen molar-refractivity contribution in [1.82, 2.24) is 10.2 Å². The number of likely N-dealkylation sites (N-methyl/N-ethyl adjacent to an activating group) is 1. The van der Waals surface area contributed by atoms with Crippen LogP contribution in [0, 0.1) is 0 Å². The van der Waals surface area contributed by atoms with Crippen molar-refractivity contribution in [1.29, 1.82) is 0 Å². The van der Waals surface area contributed by atoms with Crippen molar-refractivity contribution >= 4 is 23.4 Å². The molecular formula is C20H21ClN2O4. The van der Waals surface area contributed by atoms with Crippen LogP contribution in [-0.4, -0.2) is 43.0 Å². The molecule has 0 saturated heterocycles. The monoisotopic (exact) mass is 388 g/mol. The predicted molar refractivity (Wildman–Crippen MR) is 102 cm³/mol. The second kappa shape index (κ2) is 8.77. The molecule has 0 aromatic heterocycles. The zero-order valence-electron chi connectivity index (χ0n) is 15.0. The van der Waals surface area contributed by atoms with Crippen molar-refractivity contribution in [2.45, 2.75) is 13.5 Å². The van der Waals surface area contributed by atoms with E-state index in [2.05, 4.69) is 5.32 Å². The van der Waals surface area contributed by atoms with Crippen LogP contribution in [0.2, 0.25) is 5.02 Å². The molecule has 1 heterocycles. The molecule has 3 rings (SSSR count). The van der Waals surface area contributed by atoms with Crippen molar-refractivity contribution in [2.75, 3.05) is 26.3 Å². The number of halogens is 1. The summed E-state index contributed by atoms with van der Waals surface area (Å²) in [6.45, 7) is 3.57. The van der Waals surface area contributed by atoms with Crippen molar-refractivity contribution < 1.29 is 19.1 Å². The number of nitrogens with one attached hydrogen (secondary N) is 1. The predicted octanol–water partition coefficient (Wildman–Crippen LogP) is 2.89. The van der Waals surface area contributed by atoms with E-state index in [-0.39, 0.29) is 18.4 Å². The van der Waals surface area contributed by atoms with E-state index >= 15 is 0 Å². The van der Waals surface area contributed by atoms with Crippen molar-refractivity contribution in [3.05, 3.63) is 58.6 Å². The summed E-state index contributed by atoms with van der Waals surface area (Å²) >= 11 is 5.85. The molecular weight excluding hydrogens is 368 g/mol. The second-order valence-corrected chi connectivity index (χ2v) is 6.52. The number of carbonyl (C=O) groups is 2. The number of hydrogen-bond donors (Lipinski definition) is 1. The van der Waals surface area contributed by atoms with E-state index in [4.69, 9.17) is 21.1 Å². The smallest absolute Gasteiger partial charge is 0.254 e. The van der Waals surface area contributed by atoms with Gasteiger partial charge < -0.3 is 19.7 Å². The molecule has 7 heteroatoms. The molecule has 1 aliphatic rings. The Morgan fingerprint density at radius 2 is 1.78 bits per heavy atom. The number of fused-ring (bicyclic) bond motifs is 1. The van der Waals surface area contributed by atoms with Gasteiger partial charge in [0.15, 0.2) is 11.5 Å². The fraction of sp³-hybridized carbons (Fsp3) is 0.300. The summed E-state index contributed by atoms with van der Waals surface area (Å²) in [4.78, 5) is 26.5. The van der Waals surface area contributed by atoms with E-state index in [1.54, 1.807) is 30.3 Å². The van der Waals surface area contributed by atoms with Crippen LogP contribution in [0.5, 0.6) is 11.5 Å². The number of ether oxygens (including phenoxy) is 2. The van der Waals surface area contributed by atoms with Gasteiger partial charge in [0.1, 0.15) is 13.2 Å². The maximum absolute atomic E-state index is 12.7. The maximum atomic E-state index is 12.7. The lowest BCUT2D eigenvalue weighted by Crippen LogP contribution is -2.40. The molecule has 1 N–H and O–H groups in total. The van der Waals surface area contributed by atoms with E-state index in [1.807, 2.05) is 19.1 Å². The summed E-state index contributed by atoms with van der Waals surface area (Å²) < 4.78 is 11.0. The highest BCUT2D eigenvalue weighted by molar-refractivity contribution is 6.30. The van der Waals surface area contributed by atoms with Gasteiger partial charge in [-0.1, -0.05) is 23.7 Å². The molecule has 27 heavy (non-hydrogen) atoms. The lowest BCUT2D eigenvalue weighted by molar-refractivity contribution is -0.121. The normalized spacial score (nSPS) is 12.4. The van der Waals surface area contributed by atoms with E-state index in [0.717, 1.165) is 5.56 Å². The van der Waals surface area contributed by atoms with Gasteiger partial charge in [-0.2, -0.15) is 0 Å². The van der Waals surface area contributed by atoms with Gasteiger partial charge in [0, 0.05) is 23.7 Å². The fourth-order valence-corrected chi connectivity index (χ4v) is 2.84. The Kier molecular flexibility index (Phi) is 6.19. The molecule has 142 valence electrons. The highest BCUT2D eigenvalue weighted by atomic mass is 35.5. The fourth-order valence-electron chi connectivity index (χ4n) is 2.72. The molecule has 0 atom stereocenters. The number of benzene rings is 2. The summed E-state index contributed by atoms with van der Waals surface area (Å²) in [5.41, 5.74) is 1.40. The third kappa shape index (κ3) is 4.92. The molecule has 0 bridgehead atoms. The van der Waals surface area contributed by atoms with Gasteiger partial charge in [0.05, 0.1) is 6.54 Å². The third-order valence-electron chi connectivity index (χ3n) is 4.20. The highest BCUT2D eigenvalue weighted by Crippen LogP contribution is 2.31. The minimum Gasteiger partial charge on any atom is -0.486 e. The lowest BCUT2D eigenvalue weighted by atomic mass is 10.1. The Morgan fingerprint density at radius 1 is 1.07 bits per heavy atom. The first-order valence-electron chi connectivity index (χ1n) is 8.77. The zero-order chi connectivity index (χ0) is 19.2. The topological polar surface area (TPSA) is 67.9 Å². The first kappa shape index (κ1) is 19.0. The number of hydrogen-bond acceptors (Lipinski definition) is 4. The molecule has 0 unspecified atom stereocenters. The molecule has 0 saturated carbocycles. The summed E-state index contributed by atoms with van der Waals surface area (Å²) in [6, 6.07) is 12.3. The molecule has 2 aromatic carbocycles. The lowest BCUT2D eigenvalue weighted by Gasteiger charge is -2.22. The van der Waals surface area contributed by atoms with Gasteiger partial charge >= 0.3 is 0 Å². The van der Waals surface area contributed by atoms with Crippen LogP contribution in [-0.2, 0) is 11.3 Å². The second-order valence-electron chi connectivity index (χ2n) is 6.08. The van der Waals surface area contributed by atoms with Crippen LogP contribution in [0.1, 0.15) is 22.8 Å². The number of nitrogens with zero attached hydrogens (tertiary/aromatic N) is 1. The first-order valence-corrected chi connectivity index (χ1v) is 9.14. The van der Waals surface area contributed by atoms with Gasteiger partial charge in [-0.15, -0.1) is 0 Å². The molecule has 2 aromatic rings. The minimum atomic E-state index is -0.226. The number of rotatable bonds is 6. The highest BCUT2D eigenvalue weighted by Gasteiger charge is 2.20. The van der Waals surface area contributed by atoms with Gasteiger partial charge in [0.2, 0.25) is 5.91 Å². The van der Waals surface area contributed by atoms with Crippen LogP contribution < -0.4 is 14.8 Å². The molecule has 0 aliphatic carbocycles. The van der Waals surface area contributed by atoms with Crippen LogP contribution >= 0.6 is 11.6 Å². The minimum absolute atomic E-state index is 0.0165. The summed E-state index contributed by atoms with van der Waals surface area (Å²) in [6.07, 6.45) is 0. The van der Waals surface area contributed by atoms with Gasteiger partial charge in [0.25, 0.3) is 5.91 Å². The van der Waals surface area contributed by atoms with Crippen LogP contribution in [0.25, 0.3) is 0 Å². The quantitative estimate of drug-likeness (QED) is 0.826. The van der Waals surface area contributed by atoms with Crippen molar-refractivity contribution in [2.24, 2.45) is 0 Å². The standard InChI is InChI=1S/C20H21ClN2O4/c1-2-23(13-19(24)22-12-14-3-6-16(21)7-4-14)20(25)15-5-8-17-18(11-15)27-10-9-26-17/h3-8,11H,2,9-10,12-13H2,1H3,(H,22,24). The maximum Gasteiger partial charge on any atom is 0.254 e. The van der Waals surface area contributed by atoms with E-state index < -0.39 is 0 Å². The summed E-state index contributed by atoms with van der Waals surface area (Å²) in [5, 5.41) is 3.46. The molecule has 6 nitrogen and oxygen atoms in total. The van der Waals surface area contributed by atoms with E-state index in [9.17, 15) is 9.59 Å². The molecule has 0 fully saturated rings. The molecule has 0 spiro atoms. The van der Waals surface area contributed by atoms with Gasteiger partial charge in [-0.05, 0) is 42.8 Å². The molecule has 2 amide bonds. The number of amides is 2. The Balaban J connectivity index is 1.59. The average molecular weight is 389 g/mol. The zero-order valence-corrected chi connectivity index (χ0v) is 15.8.